The summed E-state index contributed by atoms with van der Waals surface area (Å²) in [6.07, 6.45) is 6.26. The van der Waals surface area contributed by atoms with Crippen LogP contribution in [0.5, 0.6) is 0 Å². The van der Waals surface area contributed by atoms with Gasteiger partial charge in [-0.05, 0) is 31.2 Å². The topological polar surface area (TPSA) is 13.2 Å². The lowest BCUT2D eigenvalue weighted by molar-refractivity contribution is -0.659. The first-order chi connectivity index (χ1) is 8.18. The molecule has 0 N–H and O–H groups in total. The zero-order chi connectivity index (χ0) is 12.0. The molecule has 86 valence electrons. The minimum Gasteiger partial charge on any atom is -0.320 e. The molecule has 3 nitrogen and oxygen atoms in total. The first-order valence-corrected chi connectivity index (χ1v) is 5.76. The van der Waals surface area contributed by atoms with E-state index in [9.17, 15) is 0 Å². The van der Waals surface area contributed by atoms with Gasteiger partial charge < -0.3 is 4.40 Å². The maximum absolute atomic E-state index is 2.22. The van der Waals surface area contributed by atoms with Crippen LogP contribution in [0.3, 0.4) is 0 Å². The molecular formula is C14H16N3+. The first kappa shape index (κ1) is 10.1. The van der Waals surface area contributed by atoms with Gasteiger partial charge in [-0.15, -0.1) is 0 Å². The van der Waals surface area contributed by atoms with Crippen molar-refractivity contribution >= 4 is 5.52 Å². The van der Waals surface area contributed by atoms with Gasteiger partial charge in [-0.1, -0.05) is 0 Å². The number of aryl methyl sites for hydroxylation is 3. The number of aromatic nitrogens is 3. The van der Waals surface area contributed by atoms with Crippen molar-refractivity contribution in [1.82, 2.24) is 8.97 Å². The molecule has 0 saturated heterocycles. The number of fused-ring (bicyclic) bond motifs is 1. The Bertz CT molecular complexity index is 669. The van der Waals surface area contributed by atoms with Crippen LogP contribution in [0, 0.1) is 6.92 Å². The van der Waals surface area contributed by atoms with E-state index in [1.807, 2.05) is 0 Å². The van der Waals surface area contributed by atoms with Crippen molar-refractivity contribution in [2.75, 3.05) is 0 Å². The summed E-state index contributed by atoms with van der Waals surface area (Å²) in [7, 11) is 4.16. The maximum Gasteiger partial charge on any atom is 0.290 e. The zero-order valence-electron chi connectivity index (χ0n) is 10.4. The standard InChI is InChI=1S/C14H16N3/c1-11-13(14-15(2)9-10-16(14)3)7-6-12-5-4-8-17(11)12/h4-10H,1-3H3/q+1. The molecule has 0 aliphatic heterocycles. The van der Waals surface area contributed by atoms with Crippen molar-refractivity contribution in [2.24, 2.45) is 14.1 Å². The van der Waals surface area contributed by atoms with E-state index in [2.05, 4.69) is 77.4 Å². The molecule has 0 aromatic carbocycles. The van der Waals surface area contributed by atoms with Crippen LogP contribution in [0.4, 0.5) is 0 Å². The van der Waals surface area contributed by atoms with E-state index >= 15 is 0 Å². The van der Waals surface area contributed by atoms with E-state index in [-0.39, 0.29) is 0 Å². The molecule has 0 saturated carbocycles. The summed E-state index contributed by atoms with van der Waals surface area (Å²) in [6, 6.07) is 8.56. The Morgan fingerprint density at radius 3 is 2.65 bits per heavy atom. The van der Waals surface area contributed by atoms with E-state index in [1.54, 1.807) is 0 Å². The lowest BCUT2D eigenvalue weighted by Crippen LogP contribution is -2.29. The van der Waals surface area contributed by atoms with Gasteiger partial charge in [0.05, 0.1) is 19.7 Å². The van der Waals surface area contributed by atoms with Gasteiger partial charge in [0.15, 0.2) is 0 Å². The van der Waals surface area contributed by atoms with Crippen molar-refractivity contribution < 1.29 is 4.57 Å². The third-order valence-corrected chi connectivity index (χ3v) is 3.38. The van der Waals surface area contributed by atoms with Crippen LogP contribution in [-0.2, 0) is 14.1 Å². The van der Waals surface area contributed by atoms with E-state index < -0.39 is 0 Å². The van der Waals surface area contributed by atoms with Gasteiger partial charge >= 0.3 is 0 Å². The molecule has 3 rings (SSSR count). The summed E-state index contributed by atoms with van der Waals surface area (Å²) in [5.74, 6) is 1.22. The highest BCUT2D eigenvalue weighted by Gasteiger charge is 2.17. The molecule has 3 aromatic rings. The molecule has 0 unspecified atom stereocenters. The predicted octanol–water partition coefficient (Wildman–Crippen LogP) is 2.08. The number of pyridine rings is 1. The second kappa shape index (κ2) is 3.48. The average Bonchev–Trinajstić information content (AvgIpc) is 2.89. The Morgan fingerprint density at radius 2 is 1.94 bits per heavy atom. The van der Waals surface area contributed by atoms with Crippen LogP contribution >= 0.6 is 0 Å². The Morgan fingerprint density at radius 1 is 1.12 bits per heavy atom. The molecule has 0 spiro atoms. The Hall–Kier alpha value is -2.03. The molecule has 3 aromatic heterocycles. The molecule has 0 fully saturated rings. The minimum atomic E-state index is 1.22. The van der Waals surface area contributed by atoms with Gasteiger partial charge in [0.1, 0.15) is 12.4 Å². The molecule has 0 aliphatic rings. The summed E-state index contributed by atoms with van der Waals surface area (Å²) in [5.41, 5.74) is 3.77. The van der Waals surface area contributed by atoms with Gasteiger partial charge in [0.2, 0.25) is 0 Å². The smallest absolute Gasteiger partial charge is 0.290 e. The Kier molecular flexibility index (Phi) is 2.08. The quantitative estimate of drug-likeness (QED) is 0.564. The largest absolute Gasteiger partial charge is 0.320 e. The molecule has 0 bridgehead atoms. The fraction of sp³-hybridized carbons (Fsp3) is 0.214. The molecule has 0 atom stereocenters. The fourth-order valence-corrected chi connectivity index (χ4v) is 2.46. The number of nitrogens with zero attached hydrogens (tertiary/aromatic N) is 3. The van der Waals surface area contributed by atoms with Crippen LogP contribution in [0.15, 0.2) is 42.9 Å². The second-order valence-electron chi connectivity index (χ2n) is 4.48. The van der Waals surface area contributed by atoms with Crippen molar-refractivity contribution in [3.63, 3.8) is 0 Å². The average molecular weight is 226 g/mol. The van der Waals surface area contributed by atoms with E-state index in [0.29, 0.717) is 0 Å². The highest BCUT2D eigenvalue weighted by Crippen LogP contribution is 2.21. The van der Waals surface area contributed by atoms with Crippen molar-refractivity contribution in [3.8, 4) is 11.4 Å². The number of rotatable bonds is 1. The Labute approximate surface area is 101 Å². The summed E-state index contributed by atoms with van der Waals surface area (Å²) in [4.78, 5) is 0. The maximum atomic E-state index is 2.22. The Balaban J connectivity index is 2.34. The summed E-state index contributed by atoms with van der Waals surface area (Å²) in [5, 5.41) is 0. The summed E-state index contributed by atoms with van der Waals surface area (Å²) < 4.78 is 6.53. The summed E-state index contributed by atoms with van der Waals surface area (Å²) >= 11 is 0. The van der Waals surface area contributed by atoms with Crippen LogP contribution in [-0.4, -0.2) is 8.97 Å². The van der Waals surface area contributed by atoms with Crippen LogP contribution in [0.2, 0.25) is 0 Å². The minimum absolute atomic E-state index is 1.22. The molecule has 0 amide bonds. The normalized spacial score (nSPS) is 11.2. The number of imidazole rings is 1. The highest BCUT2D eigenvalue weighted by atomic mass is 15.1. The van der Waals surface area contributed by atoms with Crippen LogP contribution in [0.25, 0.3) is 16.9 Å². The number of hydrogen-bond donors (Lipinski definition) is 0. The van der Waals surface area contributed by atoms with Crippen molar-refractivity contribution in [1.29, 1.82) is 0 Å². The van der Waals surface area contributed by atoms with Crippen LogP contribution < -0.4 is 4.57 Å². The predicted molar refractivity (Wildman–Crippen MR) is 67.7 cm³/mol. The molecule has 17 heavy (non-hydrogen) atoms. The highest BCUT2D eigenvalue weighted by molar-refractivity contribution is 5.62. The lowest BCUT2D eigenvalue weighted by atomic mass is 10.1. The third kappa shape index (κ3) is 1.39. The second-order valence-corrected chi connectivity index (χ2v) is 4.48. The van der Waals surface area contributed by atoms with Gasteiger partial charge in [-0.2, -0.15) is 0 Å². The zero-order valence-corrected chi connectivity index (χ0v) is 10.4. The van der Waals surface area contributed by atoms with Gasteiger partial charge in [0, 0.05) is 17.4 Å². The van der Waals surface area contributed by atoms with Gasteiger partial charge in [0.25, 0.3) is 5.82 Å². The third-order valence-electron chi connectivity index (χ3n) is 3.38. The molecule has 0 radical (unpaired) electrons. The lowest BCUT2D eigenvalue weighted by Gasteiger charge is -2.07. The summed E-state index contributed by atoms with van der Waals surface area (Å²) in [6.45, 7) is 2.16. The first-order valence-electron chi connectivity index (χ1n) is 5.76. The SMILES string of the molecule is Cc1c(-c2n(C)cc[n+]2C)ccc2cccn12. The van der Waals surface area contributed by atoms with Gasteiger partial charge in [-0.25, -0.2) is 9.13 Å². The van der Waals surface area contributed by atoms with Crippen LogP contribution in [0.1, 0.15) is 5.69 Å². The van der Waals surface area contributed by atoms with E-state index in [1.165, 1.54) is 22.6 Å². The van der Waals surface area contributed by atoms with Crippen molar-refractivity contribution in [3.05, 3.63) is 48.5 Å². The van der Waals surface area contributed by atoms with Crippen molar-refractivity contribution in [2.45, 2.75) is 6.92 Å². The molecule has 0 aliphatic carbocycles. The fourth-order valence-electron chi connectivity index (χ4n) is 2.46. The van der Waals surface area contributed by atoms with E-state index in [4.69, 9.17) is 0 Å². The van der Waals surface area contributed by atoms with Gasteiger partial charge in [-0.3, -0.25) is 0 Å². The monoisotopic (exact) mass is 226 g/mol. The molecular weight excluding hydrogens is 210 g/mol. The molecule has 3 heterocycles. The number of hydrogen-bond acceptors (Lipinski definition) is 0. The van der Waals surface area contributed by atoms with E-state index in [0.717, 1.165) is 0 Å². The molecule has 3 heteroatoms.